The maximum Gasteiger partial charge on any atom is 0.423 e. The predicted molar refractivity (Wildman–Crippen MR) is 135 cm³/mol. The lowest BCUT2D eigenvalue weighted by molar-refractivity contribution is -0.155. The highest BCUT2D eigenvalue weighted by molar-refractivity contribution is 6.32. The van der Waals surface area contributed by atoms with E-state index in [9.17, 15) is 9.59 Å². The quantitative estimate of drug-likeness (QED) is 0.204. The van der Waals surface area contributed by atoms with Crippen molar-refractivity contribution in [1.82, 2.24) is 14.9 Å². The van der Waals surface area contributed by atoms with Crippen LogP contribution in [0.3, 0.4) is 0 Å². The molecule has 1 fully saturated rings. The molecule has 0 N–H and O–H groups in total. The number of aryl methyl sites for hydroxylation is 1. The summed E-state index contributed by atoms with van der Waals surface area (Å²) in [7, 11) is 0. The van der Waals surface area contributed by atoms with Crippen molar-refractivity contribution < 1.29 is 23.8 Å². The molecule has 36 heavy (non-hydrogen) atoms. The number of likely N-dealkylation sites (N-methyl/N-ethyl adjacent to an activating group) is 1. The minimum absolute atomic E-state index is 0.221. The van der Waals surface area contributed by atoms with E-state index >= 15 is 0 Å². The van der Waals surface area contributed by atoms with E-state index in [2.05, 4.69) is 21.7 Å². The van der Waals surface area contributed by atoms with Crippen LogP contribution in [-0.2, 0) is 20.7 Å². The lowest BCUT2D eigenvalue weighted by atomic mass is 10.0. The van der Waals surface area contributed by atoms with Crippen LogP contribution in [0.15, 0.2) is 36.5 Å². The SMILES string of the molecule is CCOCCCc1ccc(-c2nc(N3CCN(CC)CC3)c3cccc4c3c2OC(=O)C(=O)O4)cn1. The highest BCUT2D eigenvalue weighted by Gasteiger charge is 2.32. The van der Waals surface area contributed by atoms with Gasteiger partial charge in [0.1, 0.15) is 17.3 Å². The number of pyridine rings is 2. The molecule has 4 heterocycles. The summed E-state index contributed by atoms with van der Waals surface area (Å²) in [6.45, 7) is 10.0. The topological polar surface area (TPSA) is 94.1 Å². The number of carbonyl (C=O) groups is 2. The van der Waals surface area contributed by atoms with E-state index in [0.29, 0.717) is 29.9 Å². The van der Waals surface area contributed by atoms with Crippen LogP contribution < -0.4 is 14.4 Å². The number of anilines is 1. The maximum absolute atomic E-state index is 12.4. The number of hydrogen-bond donors (Lipinski definition) is 0. The van der Waals surface area contributed by atoms with Gasteiger partial charge in [-0.05, 0) is 44.5 Å². The molecular formula is C27H30N4O5. The molecule has 2 aliphatic rings. The lowest BCUT2D eigenvalue weighted by Gasteiger charge is -2.35. The number of hydrogen-bond acceptors (Lipinski definition) is 9. The number of piperazine rings is 1. The van der Waals surface area contributed by atoms with Crippen LogP contribution in [0.1, 0.15) is 26.0 Å². The summed E-state index contributed by atoms with van der Waals surface area (Å²) in [4.78, 5) is 38.9. The second-order valence-corrected chi connectivity index (χ2v) is 8.83. The number of aromatic nitrogens is 2. The Morgan fingerprint density at radius 2 is 1.81 bits per heavy atom. The van der Waals surface area contributed by atoms with Gasteiger partial charge in [-0.15, -0.1) is 0 Å². The van der Waals surface area contributed by atoms with Crippen LogP contribution in [0.2, 0.25) is 0 Å². The second-order valence-electron chi connectivity index (χ2n) is 8.83. The van der Waals surface area contributed by atoms with E-state index in [4.69, 9.17) is 19.2 Å². The van der Waals surface area contributed by atoms with Gasteiger partial charge in [0.2, 0.25) is 0 Å². The van der Waals surface area contributed by atoms with Crippen molar-refractivity contribution >= 4 is 28.5 Å². The highest BCUT2D eigenvalue weighted by atomic mass is 16.6. The van der Waals surface area contributed by atoms with Gasteiger partial charge in [0, 0.05) is 62.2 Å². The fraction of sp³-hybridized carbons (Fsp3) is 0.407. The summed E-state index contributed by atoms with van der Waals surface area (Å²) in [5.41, 5.74) is 2.10. The van der Waals surface area contributed by atoms with E-state index in [0.717, 1.165) is 62.5 Å². The molecule has 0 aliphatic carbocycles. The van der Waals surface area contributed by atoms with E-state index in [-0.39, 0.29) is 11.5 Å². The molecular weight excluding hydrogens is 460 g/mol. The molecule has 0 radical (unpaired) electrons. The molecule has 9 heteroatoms. The Kier molecular flexibility index (Phi) is 7.11. The van der Waals surface area contributed by atoms with Gasteiger partial charge in [-0.2, -0.15) is 0 Å². The Labute approximate surface area is 210 Å². The molecule has 0 unspecified atom stereocenters. The first-order valence-corrected chi connectivity index (χ1v) is 12.5. The zero-order valence-corrected chi connectivity index (χ0v) is 20.7. The molecule has 0 saturated carbocycles. The first-order chi connectivity index (χ1) is 17.6. The van der Waals surface area contributed by atoms with Crippen molar-refractivity contribution in [2.45, 2.75) is 26.7 Å². The molecule has 0 amide bonds. The monoisotopic (exact) mass is 490 g/mol. The number of esters is 2. The molecule has 9 nitrogen and oxygen atoms in total. The van der Waals surface area contributed by atoms with E-state index in [1.807, 2.05) is 25.1 Å². The zero-order chi connectivity index (χ0) is 25.1. The van der Waals surface area contributed by atoms with Crippen LogP contribution >= 0.6 is 0 Å². The van der Waals surface area contributed by atoms with E-state index in [1.54, 1.807) is 18.3 Å². The number of rotatable bonds is 8. The van der Waals surface area contributed by atoms with Gasteiger partial charge >= 0.3 is 11.9 Å². The van der Waals surface area contributed by atoms with Gasteiger partial charge < -0.3 is 24.0 Å². The Morgan fingerprint density at radius 1 is 1.00 bits per heavy atom. The summed E-state index contributed by atoms with van der Waals surface area (Å²) < 4.78 is 16.4. The predicted octanol–water partition coefficient (Wildman–Crippen LogP) is 3.23. The third-order valence-corrected chi connectivity index (χ3v) is 6.63. The smallest absolute Gasteiger partial charge is 0.417 e. The Morgan fingerprint density at radius 3 is 2.53 bits per heavy atom. The van der Waals surface area contributed by atoms with Gasteiger partial charge in [0.05, 0.1) is 5.39 Å². The highest BCUT2D eigenvalue weighted by Crippen LogP contribution is 2.45. The fourth-order valence-electron chi connectivity index (χ4n) is 4.67. The summed E-state index contributed by atoms with van der Waals surface area (Å²) in [6, 6.07) is 9.28. The average molecular weight is 491 g/mol. The molecule has 1 aromatic carbocycles. The number of nitrogens with zero attached hydrogens (tertiary/aromatic N) is 4. The molecule has 3 aromatic rings. The Bertz CT molecular complexity index is 1270. The fourth-order valence-corrected chi connectivity index (χ4v) is 4.67. The summed E-state index contributed by atoms with van der Waals surface area (Å²) in [6.07, 6.45) is 3.42. The summed E-state index contributed by atoms with van der Waals surface area (Å²) in [5, 5.41) is 1.34. The van der Waals surface area contributed by atoms with Crippen molar-refractivity contribution in [3.05, 3.63) is 42.2 Å². The van der Waals surface area contributed by atoms with Gasteiger partial charge in [-0.3, -0.25) is 4.98 Å². The maximum atomic E-state index is 12.4. The zero-order valence-electron chi connectivity index (χ0n) is 20.7. The van der Waals surface area contributed by atoms with Crippen LogP contribution in [-0.4, -0.2) is 72.7 Å². The van der Waals surface area contributed by atoms with Gasteiger partial charge in [-0.1, -0.05) is 19.1 Å². The van der Waals surface area contributed by atoms with Gasteiger partial charge in [0.25, 0.3) is 0 Å². The van der Waals surface area contributed by atoms with Crippen molar-refractivity contribution in [3.8, 4) is 22.8 Å². The minimum Gasteiger partial charge on any atom is -0.417 e. The molecule has 0 atom stereocenters. The average Bonchev–Trinajstić information content (AvgIpc) is 3.04. The van der Waals surface area contributed by atoms with Crippen LogP contribution in [0.5, 0.6) is 11.5 Å². The minimum atomic E-state index is -1.07. The van der Waals surface area contributed by atoms with Crippen molar-refractivity contribution in [2.24, 2.45) is 0 Å². The largest absolute Gasteiger partial charge is 0.423 e. The lowest BCUT2D eigenvalue weighted by Crippen LogP contribution is -2.46. The third kappa shape index (κ3) is 4.76. The van der Waals surface area contributed by atoms with Crippen LogP contribution in [0.25, 0.3) is 22.0 Å². The number of benzene rings is 1. The first kappa shape index (κ1) is 24.1. The molecule has 5 rings (SSSR count). The molecule has 1 saturated heterocycles. The molecule has 188 valence electrons. The van der Waals surface area contributed by atoms with E-state index in [1.165, 1.54) is 0 Å². The second kappa shape index (κ2) is 10.6. The Balaban J connectivity index is 1.59. The van der Waals surface area contributed by atoms with Crippen LogP contribution in [0.4, 0.5) is 5.82 Å². The number of ether oxygens (including phenoxy) is 3. The Hall–Kier alpha value is -3.56. The normalized spacial score (nSPS) is 16.1. The summed E-state index contributed by atoms with van der Waals surface area (Å²) >= 11 is 0. The molecule has 2 aromatic heterocycles. The molecule has 0 spiro atoms. The number of carbonyl (C=O) groups excluding carboxylic acids is 2. The van der Waals surface area contributed by atoms with E-state index < -0.39 is 11.9 Å². The van der Waals surface area contributed by atoms with Gasteiger partial charge in [-0.25, -0.2) is 14.6 Å². The molecule has 2 aliphatic heterocycles. The van der Waals surface area contributed by atoms with Crippen molar-refractivity contribution in [1.29, 1.82) is 0 Å². The van der Waals surface area contributed by atoms with Gasteiger partial charge in [0.15, 0.2) is 5.75 Å². The van der Waals surface area contributed by atoms with Crippen molar-refractivity contribution in [3.63, 3.8) is 0 Å². The first-order valence-electron chi connectivity index (χ1n) is 12.5. The standard InChI is InChI=1S/C27H30N4O5/c1-3-30-12-14-31(15-13-30)25-20-8-5-9-21-22(20)24(36-27(33)26(32)35-21)23(29-25)18-10-11-19(28-17-18)7-6-16-34-4-2/h5,8-11,17H,3-4,6-7,12-16H2,1-2H3. The van der Waals surface area contributed by atoms with Crippen LogP contribution in [0, 0.1) is 0 Å². The third-order valence-electron chi connectivity index (χ3n) is 6.63. The molecule has 0 bridgehead atoms. The van der Waals surface area contributed by atoms with Crippen molar-refractivity contribution in [2.75, 3.05) is 50.8 Å². The summed E-state index contributed by atoms with van der Waals surface area (Å²) in [5.74, 6) is -0.837.